The van der Waals surface area contributed by atoms with Crippen molar-refractivity contribution in [3.05, 3.63) is 23.9 Å². The Labute approximate surface area is 117 Å². The second-order valence-corrected chi connectivity index (χ2v) is 4.49. The van der Waals surface area contributed by atoms with Crippen molar-refractivity contribution >= 4 is 0 Å². The molecule has 0 aromatic rings. The normalized spacial score (nSPS) is 36.1. The Hall–Kier alpha value is -1.12. The first-order valence-corrected chi connectivity index (χ1v) is 6.52. The van der Waals surface area contributed by atoms with Gasteiger partial charge in [-0.3, -0.25) is 0 Å². The summed E-state index contributed by atoms with van der Waals surface area (Å²) in [7, 11) is 1.57. The summed E-state index contributed by atoms with van der Waals surface area (Å²) in [5.74, 6) is 0. The maximum atomic E-state index is 9.82. The highest BCUT2D eigenvalue weighted by atomic mass is 16.5. The lowest BCUT2D eigenvalue weighted by atomic mass is 9.95. The summed E-state index contributed by atoms with van der Waals surface area (Å²) in [4.78, 5) is 0. The van der Waals surface area contributed by atoms with E-state index in [9.17, 15) is 15.3 Å². The van der Waals surface area contributed by atoms with Crippen molar-refractivity contribution in [3.8, 4) is 0 Å². The van der Waals surface area contributed by atoms with E-state index in [0.29, 0.717) is 6.42 Å². The Morgan fingerprint density at radius 3 is 2.45 bits per heavy atom. The van der Waals surface area contributed by atoms with Crippen LogP contribution in [0.3, 0.4) is 0 Å². The second-order valence-electron chi connectivity index (χ2n) is 4.49. The van der Waals surface area contributed by atoms with E-state index in [1.807, 2.05) is 6.92 Å². The van der Waals surface area contributed by atoms with Gasteiger partial charge >= 0.3 is 0 Å². The van der Waals surface area contributed by atoms with Crippen LogP contribution in [0.15, 0.2) is 34.2 Å². The number of hydrogen-bond acceptors (Lipinski definition) is 7. The van der Waals surface area contributed by atoms with Crippen molar-refractivity contribution in [2.75, 3.05) is 13.7 Å². The summed E-state index contributed by atoms with van der Waals surface area (Å²) < 4.78 is 5.33. The molecule has 7 heteroatoms. The molecule has 1 heterocycles. The molecule has 1 fully saturated rings. The van der Waals surface area contributed by atoms with Crippen molar-refractivity contribution in [2.45, 2.75) is 43.9 Å². The number of azo groups is 1. The van der Waals surface area contributed by atoms with Crippen LogP contribution in [0.4, 0.5) is 0 Å². The van der Waals surface area contributed by atoms with Gasteiger partial charge in [0, 0.05) is 7.05 Å². The first kappa shape index (κ1) is 16.9. The SMILES string of the molecule is CC/C(=C/C=C/[C@H]1O[C@H](CO)[C@@H](O)[C@H](O)[C@@H]1O)N=NC. The highest BCUT2D eigenvalue weighted by Crippen LogP contribution is 2.22. The zero-order valence-corrected chi connectivity index (χ0v) is 11.6. The lowest BCUT2D eigenvalue weighted by molar-refractivity contribution is -0.216. The number of allylic oxidation sites excluding steroid dienone is 3. The van der Waals surface area contributed by atoms with Crippen LogP contribution in [0, 0.1) is 0 Å². The number of aliphatic hydroxyl groups excluding tert-OH is 4. The molecule has 1 aliphatic heterocycles. The molecule has 1 rings (SSSR count). The fraction of sp³-hybridized carbons (Fsp3) is 0.692. The number of rotatable bonds is 5. The third-order valence-electron chi connectivity index (χ3n) is 3.11. The molecule has 1 saturated heterocycles. The highest BCUT2D eigenvalue weighted by molar-refractivity contribution is 5.14. The first-order chi connectivity index (χ1) is 9.54. The minimum Gasteiger partial charge on any atom is -0.394 e. The van der Waals surface area contributed by atoms with Crippen molar-refractivity contribution in [3.63, 3.8) is 0 Å². The first-order valence-electron chi connectivity index (χ1n) is 6.52. The van der Waals surface area contributed by atoms with Crippen LogP contribution in [0.2, 0.25) is 0 Å². The van der Waals surface area contributed by atoms with Gasteiger partial charge in [0.15, 0.2) is 0 Å². The molecule has 0 amide bonds. The summed E-state index contributed by atoms with van der Waals surface area (Å²) in [6.07, 6.45) is -0.0495. The predicted octanol–water partition coefficient (Wildman–Crippen LogP) is -0.239. The Bertz CT molecular complexity index is 381. The quantitative estimate of drug-likeness (QED) is 0.411. The van der Waals surface area contributed by atoms with E-state index in [0.717, 1.165) is 5.70 Å². The number of nitrogens with zero attached hydrogens (tertiary/aromatic N) is 2. The molecule has 0 aliphatic carbocycles. The van der Waals surface area contributed by atoms with E-state index in [1.165, 1.54) is 0 Å². The van der Waals surface area contributed by atoms with Crippen molar-refractivity contribution in [1.29, 1.82) is 0 Å². The zero-order valence-electron chi connectivity index (χ0n) is 11.6. The van der Waals surface area contributed by atoms with Crippen LogP contribution in [0.5, 0.6) is 0 Å². The Morgan fingerprint density at radius 2 is 1.90 bits per heavy atom. The highest BCUT2D eigenvalue weighted by Gasteiger charge is 2.42. The Kier molecular flexibility index (Phi) is 6.97. The maximum Gasteiger partial charge on any atom is 0.112 e. The van der Waals surface area contributed by atoms with Gasteiger partial charge in [-0.25, -0.2) is 0 Å². The molecule has 0 unspecified atom stereocenters. The smallest absolute Gasteiger partial charge is 0.112 e. The molecule has 0 saturated carbocycles. The fourth-order valence-electron chi connectivity index (χ4n) is 1.92. The van der Waals surface area contributed by atoms with Gasteiger partial charge in [0.1, 0.15) is 30.5 Å². The Balaban J connectivity index is 2.75. The second kappa shape index (κ2) is 8.23. The minimum atomic E-state index is -1.36. The number of ether oxygens (including phenoxy) is 1. The van der Waals surface area contributed by atoms with Crippen LogP contribution < -0.4 is 0 Å². The van der Waals surface area contributed by atoms with E-state index in [2.05, 4.69) is 10.2 Å². The largest absolute Gasteiger partial charge is 0.394 e. The molecule has 0 aromatic heterocycles. The zero-order chi connectivity index (χ0) is 15.1. The molecule has 5 atom stereocenters. The molecule has 4 N–H and O–H groups in total. The number of hydrogen-bond donors (Lipinski definition) is 4. The molecule has 0 spiro atoms. The third kappa shape index (κ3) is 4.19. The molecule has 0 radical (unpaired) electrons. The van der Waals surface area contributed by atoms with Crippen LogP contribution in [-0.4, -0.2) is 64.6 Å². The summed E-state index contributed by atoms with van der Waals surface area (Å²) >= 11 is 0. The minimum absolute atomic E-state index is 0.435. The fourth-order valence-corrected chi connectivity index (χ4v) is 1.92. The van der Waals surface area contributed by atoms with Crippen LogP contribution in [-0.2, 0) is 4.74 Å². The van der Waals surface area contributed by atoms with Crippen LogP contribution >= 0.6 is 0 Å². The Morgan fingerprint density at radius 1 is 1.20 bits per heavy atom. The maximum absolute atomic E-state index is 9.82. The monoisotopic (exact) mass is 286 g/mol. The predicted molar refractivity (Wildman–Crippen MR) is 72.1 cm³/mol. The van der Waals surface area contributed by atoms with Crippen molar-refractivity contribution in [2.24, 2.45) is 10.2 Å². The average molecular weight is 286 g/mol. The lowest BCUT2D eigenvalue weighted by Crippen LogP contribution is -2.57. The molecular formula is C13H22N2O5. The topological polar surface area (TPSA) is 115 Å². The summed E-state index contributed by atoms with van der Waals surface area (Å²) in [6.45, 7) is 1.50. The van der Waals surface area contributed by atoms with E-state index >= 15 is 0 Å². The van der Waals surface area contributed by atoms with Gasteiger partial charge in [0.2, 0.25) is 0 Å². The molecule has 7 nitrogen and oxygen atoms in total. The van der Waals surface area contributed by atoms with E-state index < -0.39 is 37.1 Å². The van der Waals surface area contributed by atoms with Gasteiger partial charge in [0.05, 0.1) is 12.3 Å². The van der Waals surface area contributed by atoms with Gasteiger partial charge in [-0.15, -0.1) is 0 Å². The van der Waals surface area contributed by atoms with Crippen molar-refractivity contribution < 1.29 is 25.2 Å². The summed E-state index contributed by atoms with van der Waals surface area (Å²) in [6, 6.07) is 0. The number of aliphatic hydroxyl groups is 4. The van der Waals surface area contributed by atoms with Crippen LogP contribution in [0.1, 0.15) is 13.3 Å². The van der Waals surface area contributed by atoms with E-state index in [-0.39, 0.29) is 0 Å². The van der Waals surface area contributed by atoms with E-state index in [1.54, 1.807) is 25.3 Å². The third-order valence-corrected chi connectivity index (χ3v) is 3.11. The van der Waals surface area contributed by atoms with Crippen molar-refractivity contribution in [1.82, 2.24) is 0 Å². The van der Waals surface area contributed by atoms with Gasteiger partial charge < -0.3 is 25.2 Å². The van der Waals surface area contributed by atoms with Crippen LogP contribution in [0.25, 0.3) is 0 Å². The van der Waals surface area contributed by atoms with Gasteiger partial charge in [-0.05, 0) is 12.5 Å². The molecule has 20 heavy (non-hydrogen) atoms. The van der Waals surface area contributed by atoms with E-state index in [4.69, 9.17) is 9.84 Å². The summed E-state index contributed by atoms with van der Waals surface area (Å²) in [5, 5.41) is 45.7. The molecule has 114 valence electrons. The molecule has 0 aromatic carbocycles. The van der Waals surface area contributed by atoms with Gasteiger partial charge in [0.25, 0.3) is 0 Å². The standard InChI is InChI=1S/C13H22N2O5/c1-3-8(15-14-2)5-4-6-9-11(17)13(19)12(18)10(7-16)20-9/h4-6,9-13,16-19H,3,7H2,1-2H3/b6-4+,8-5-,15-14?/t9-,10-,11-,12-,13-/m1/s1. The summed E-state index contributed by atoms with van der Waals surface area (Å²) in [5.41, 5.74) is 0.758. The molecule has 0 bridgehead atoms. The lowest BCUT2D eigenvalue weighted by Gasteiger charge is -2.38. The molecular weight excluding hydrogens is 264 g/mol. The average Bonchev–Trinajstić information content (AvgIpc) is 2.46. The molecule has 1 aliphatic rings. The van der Waals surface area contributed by atoms with Gasteiger partial charge in [-0.2, -0.15) is 10.2 Å². The van der Waals surface area contributed by atoms with Gasteiger partial charge in [-0.1, -0.05) is 19.1 Å².